The Morgan fingerprint density at radius 1 is 0.880 bits per heavy atom. The van der Waals surface area contributed by atoms with E-state index in [0.29, 0.717) is 18.5 Å². The molecule has 1 N–H and O–H groups in total. The molecule has 0 aromatic heterocycles. The van der Waals surface area contributed by atoms with Crippen molar-refractivity contribution in [2.45, 2.75) is 32.7 Å². The van der Waals surface area contributed by atoms with E-state index in [1.165, 1.54) is 11.1 Å². The molecule has 0 unspecified atom stereocenters. The molecule has 0 saturated heterocycles. The van der Waals surface area contributed by atoms with Crippen LogP contribution < -0.4 is 5.32 Å². The average Bonchev–Trinajstić information content (AvgIpc) is 2.64. The lowest BCUT2D eigenvalue weighted by Crippen LogP contribution is -2.23. The minimum absolute atomic E-state index is 0.0234. The average molecular weight is 338 g/mol. The molecule has 4 heteroatoms. The van der Waals surface area contributed by atoms with Gasteiger partial charge in [-0.3, -0.25) is 9.59 Å². The molecule has 0 saturated carbocycles. The molecule has 0 bridgehead atoms. The number of amides is 2. The lowest BCUT2D eigenvalue weighted by Gasteiger charge is -2.11. The maximum atomic E-state index is 12.0. The molecule has 0 spiro atoms. The fourth-order valence-electron chi connectivity index (χ4n) is 2.51. The zero-order valence-corrected chi connectivity index (χ0v) is 15.2. The molecule has 0 radical (unpaired) electrons. The van der Waals surface area contributed by atoms with Crippen LogP contribution >= 0.6 is 0 Å². The summed E-state index contributed by atoms with van der Waals surface area (Å²) >= 11 is 0. The molecule has 0 aliphatic rings. The Morgan fingerprint density at radius 3 is 2.00 bits per heavy atom. The molecule has 0 fully saturated rings. The second-order valence-corrected chi connectivity index (χ2v) is 6.34. The van der Waals surface area contributed by atoms with Gasteiger partial charge in [-0.15, -0.1) is 0 Å². The van der Waals surface area contributed by atoms with Gasteiger partial charge in [0.2, 0.25) is 5.91 Å². The number of nitrogens with one attached hydrogen (secondary N) is 1. The molecule has 0 aliphatic carbocycles. The van der Waals surface area contributed by atoms with Gasteiger partial charge in [-0.05, 0) is 41.7 Å². The third-order valence-corrected chi connectivity index (χ3v) is 4.17. The normalized spacial score (nSPS) is 10.4. The summed E-state index contributed by atoms with van der Waals surface area (Å²) in [5.41, 5.74) is 4.12. The van der Waals surface area contributed by atoms with E-state index in [9.17, 15) is 9.59 Å². The van der Waals surface area contributed by atoms with Crippen LogP contribution in [0, 0.1) is 0 Å². The van der Waals surface area contributed by atoms with Crippen LogP contribution in [0.15, 0.2) is 48.5 Å². The van der Waals surface area contributed by atoms with E-state index in [2.05, 4.69) is 36.5 Å². The number of aryl methyl sites for hydroxylation is 2. The molecule has 4 nitrogen and oxygen atoms in total. The van der Waals surface area contributed by atoms with Gasteiger partial charge in [0.1, 0.15) is 0 Å². The van der Waals surface area contributed by atoms with Crippen molar-refractivity contribution in [2.75, 3.05) is 14.1 Å². The second kappa shape index (κ2) is 9.02. The first-order chi connectivity index (χ1) is 12.0. The topological polar surface area (TPSA) is 49.4 Å². The summed E-state index contributed by atoms with van der Waals surface area (Å²) in [6, 6.07) is 15.7. The molecule has 2 aromatic rings. The Bertz CT molecular complexity index is 704. The van der Waals surface area contributed by atoms with Gasteiger partial charge in [0.15, 0.2) is 0 Å². The highest BCUT2D eigenvalue weighted by Gasteiger charge is 2.07. The van der Waals surface area contributed by atoms with Crippen LogP contribution in [0.5, 0.6) is 0 Å². The van der Waals surface area contributed by atoms with E-state index in [-0.39, 0.29) is 11.8 Å². The minimum Gasteiger partial charge on any atom is -0.352 e. The summed E-state index contributed by atoms with van der Waals surface area (Å²) in [5, 5.41) is 2.93. The van der Waals surface area contributed by atoms with Crippen molar-refractivity contribution in [3.05, 3.63) is 70.8 Å². The highest BCUT2D eigenvalue weighted by molar-refractivity contribution is 5.93. The SMILES string of the molecule is CCc1ccc(CCC(=O)NCc2ccc(C(=O)N(C)C)cc2)cc1. The Hall–Kier alpha value is -2.62. The van der Waals surface area contributed by atoms with Crippen molar-refractivity contribution < 1.29 is 9.59 Å². The summed E-state index contributed by atoms with van der Waals surface area (Å²) in [6.07, 6.45) is 2.24. The van der Waals surface area contributed by atoms with Gasteiger partial charge in [0.25, 0.3) is 5.91 Å². The first-order valence-corrected chi connectivity index (χ1v) is 8.64. The molecular weight excluding hydrogens is 312 g/mol. The lowest BCUT2D eigenvalue weighted by molar-refractivity contribution is -0.121. The Kier molecular flexibility index (Phi) is 6.75. The van der Waals surface area contributed by atoms with Gasteiger partial charge in [-0.25, -0.2) is 0 Å². The molecule has 2 aromatic carbocycles. The first-order valence-electron chi connectivity index (χ1n) is 8.64. The van der Waals surface area contributed by atoms with E-state index in [4.69, 9.17) is 0 Å². The Labute approximate surface area is 149 Å². The number of carbonyl (C=O) groups excluding carboxylic acids is 2. The summed E-state index contributed by atoms with van der Waals surface area (Å²) in [5.74, 6) is 0.0117. The van der Waals surface area contributed by atoms with Crippen molar-refractivity contribution in [2.24, 2.45) is 0 Å². The Balaban J connectivity index is 1.78. The summed E-state index contributed by atoms with van der Waals surface area (Å²) in [4.78, 5) is 25.4. The van der Waals surface area contributed by atoms with Gasteiger partial charge < -0.3 is 10.2 Å². The summed E-state index contributed by atoms with van der Waals surface area (Å²) in [6.45, 7) is 2.61. The first kappa shape index (κ1) is 18.7. The summed E-state index contributed by atoms with van der Waals surface area (Å²) < 4.78 is 0. The van der Waals surface area contributed by atoms with Gasteiger partial charge in [0.05, 0.1) is 0 Å². The van der Waals surface area contributed by atoms with Crippen LogP contribution in [-0.2, 0) is 24.2 Å². The van der Waals surface area contributed by atoms with Crippen molar-refractivity contribution in [3.63, 3.8) is 0 Å². The van der Waals surface area contributed by atoms with E-state index >= 15 is 0 Å². The molecule has 2 amide bonds. The van der Waals surface area contributed by atoms with Gasteiger partial charge >= 0.3 is 0 Å². The van der Waals surface area contributed by atoms with Crippen molar-refractivity contribution in [1.82, 2.24) is 10.2 Å². The van der Waals surface area contributed by atoms with Crippen LogP contribution in [0.3, 0.4) is 0 Å². The predicted molar refractivity (Wildman–Crippen MR) is 100 cm³/mol. The van der Waals surface area contributed by atoms with E-state index in [1.54, 1.807) is 31.1 Å². The molecule has 2 rings (SSSR count). The number of hydrogen-bond acceptors (Lipinski definition) is 2. The van der Waals surface area contributed by atoms with Crippen molar-refractivity contribution in [3.8, 4) is 0 Å². The number of hydrogen-bond donors (Lipinski definition) is 1. The number of benzene rings is 2. The van der Waals surface area contributed by atoms with Crippen LogP contribution in [0.1, 0.15) is 40.4 Å². The van der Waals surface area contributed by atoms with Gasteiger partial charge in [-0.1, -0.05) is 43.3 Å². The molecule has 132 valence electrons. The highest BCUT2D eigenvalue weighted by Crippen LogP contribution is 2.08. The van der Waals surface area contributed by atoms with Gasteiger partial charge in [-0.2, -0.15) is 0 Å². The molecule has 0 atom stereocenters. The lowest BCUT2D eigenvalue weighted by atomic mass is 10.1. The smallest absolute Gasteiger partial charge is 0.253 e. The quantitative estimate of drug-likeness (QED) is 0.843. The van der Waals surface area contributed by atoms with Crippen molar-refractivity contribution in [1.29, 1.82) is 0 Å². The number of rotatable bonds is 7. The summed E-state index contributed by atoms with van der Waals surface area (Å²) in [7, 11) is 3.46. The zero-order chi connectivity index (χ0) is 18.2. The fourth-order valence-corrected chi connectivity index (χ4v) is 2.51. The van der Waals surface area contributed by atoms with Crippen molar-refractivity contribution >= 4 is 11.8 Å². The van der Waals surface area contributed by atoms with Crippen LogP contribution in [0.2, 0.25) is 0 Å². The fraction of sp³-hybridized carbons (Fsp3) is 0.333. The highest BCUT2D eigenvalue weighted by atomic mass is 16.2. The van der Waals surface area contributed by atoms with E-state index in [0.717, 1.165) is 18.4 Å². The molecular formula is C21H26N2O2. The third kappa shape index (κ3) is 5.75. The maximum Gasteiger partial charge on any atom is 0.253 e. The number of carbonyl (C=O) groups is 2. The zero-order valence-electron chi connectivity index (χ0n) is 15.2. The molecule has 0 heterocycles. The predicted octanol–water partition coefficient (Wildman–Crippen LogP) is 3.20. The maximum absolute atomic E-state index is 12.0. The third-order valence-electron chi connectivity index (χ3n) is 4.17. The minimum atomic E-state index is -0.0234. The monoisotopic (exact) mass is 338 g/mol. The molecule has 0 aliphatic heterocycles. The Morgan fingerprint density at radius 2 is 1.44 bits per heavy atom. The van der Waals surface area contributed by atoms with Crippen LogP contribution in [0.4, 0.5) is 0 Å². The number of nitrogens with zero attached hydrogens (tertiary/aromatic N) is 1. The van der Waals surface area contributed by atoms with E-state index in [1.807, 2.05) is 12.1 Å². The van der Waals surface area contributed by atoms with Crippen LogP contribution in [-0.4, -0.2) is 30.8 Å². The largest absolute Gasteiger partial charge is 0.352 e. The van der Waals surface area contributed by atoms with E-state index < -0.39 is 0 Å². The standard InChI is InChI=1S/C21H26N2O2/c1-4-16-5-7-17(8-6-16)11-14-20(24)22-15-18-9-12-19(13-10-18)21(25)23(2)3/h5-10,12-13H,4,11,14-15H2,1-3H3,(H,22,24). The molecule has 25 heavy (non-hydrogen) atoms. The second-order valence-electron chi connectivity index (χ2n) is 6.34. The van der Waals surface area contributed by atoms with Gasteiger partial charge in [0, 0.05) is 32.6 Å². The van der Waals surface area contributed by atoms with Crippen LogP contribution in [0.25, 0.3) is 0 Å².